The van der Waals surface area contributed by atoms with Gasteiger partial charge >= 0.3 is 0 Å². The van der Waals surface area contributed by atoms with E-state index < -0.39 is 0 Å². The minimum atomic E-state index is -0.373. The van der Waals surface area contributed by atoms with Crippen LogP contribution in [0.15, 0.2) is 48.8 Å². The molecule has 0 bridgehead atoms. The first-order valence-electron chi connectivity index (χ1n) is 7.93. The zero-order chi connectivity index (χ0) is 18.7. The first-order valence-corrected chi connectivity index (χ1v) is 8.69. The Kier molecular flexibility index (Phi) is 5.59. The van der Waals surface area contributed by atoms with Crippen LogP contribution in [0.25, 0.3) is 5.69 Å². The van der Waals surface area contributed by atoms with Gasteiger partial charge < -0.3 is 9.88 Å². The average Bonchev–Trinajstić information content (AvgIpc) is 3.02. The number of carbonyl (C=O) groups excluding carboxylic acids is 1. The van der Waals surface area contributed by atoms with E-state index in [1.807, 2.05) is 0 Å². The van der Waals surface area contributed by atoms with E-state index >= 15 is 0 Å². The Labute approximate surface area is 160 Å². The van der Waals surface area contributed by atoms with E-state index in [1.165, 1.54) is 6.07 Å². The fraction of sp³-hybridized carbons (Fsp3) is 0.158. The molecule has 0 fully saturated rings. The second-order valence-electron chi connectivity index (χ2n) is 5.83. The molecule has 2 aromatic carbocycles. The van der Waals surface area contributed by atoms with Crippen LogP contribution in [-0.2, 0) is 17.8 Å². The summed E-state index contributed by atoms with van der Waals surface area (Å²) in [6, 6.07) is 9.91. The van der Waals surface area contributed by atoms with E-state index in [4.69, 9.17) is 23.2 Å². The fourth-order valence-electron chi connectivity index (χ4n) is 2.59. The second-order valence-corrected chi connectivity index (χ2v) is 6.65. The monoisotopic (exact) mass is 391 g/mol. The Hall–Kier alpha value is -2.37. The van der Waals surface area contributed by atoms with Crippen LogP contribution in [0.1, 0.15) is 17.0 Å². The van der Waals surface area contributed by atoms with Gasteiger partial charge in [0, 0.05) is 18.9 Å². The number of benzene rings is 2. The zero-order valence-corrected chi connectivity index (χ0v) is 15.5. The number of carbonyl (C=O) groups is 1. The van der Waals surface area contributed by atoms with Gasteiger partial charge in [0.2, 0.25) is 5.91 Å². The maximum Gasteiger partial charge on any atom is 0.224 e. The van der Waals surface area contributed by atoms with Crippen molar-refractivity contribution in [2.75, 3.05) is 0 Å². The molecule has 7 heteroatoms. The molecule has 0 spiro atoms. The number of hydrogen-bond donors (Lipinski definition) is 1. The highest BCUT2D eigenvalue weighted by Crippen LogP contribution is 2.22. The number of hydrogen-bond acceptors (Lipinski definition) is 2. The van der Waals surface area contributed by atoms with Gasteiger partial charge in [0.25, 0.3) is 0 Å². The summed E-state index contributed by atoms with van der Waals surface area (Å²) in [5, 5.41) is 3.62. The smallest absolute Gasteiger partial charge is 0.224 e. The number of rotatable bonds is 5. The molecule has 0 saturated carbocycles. The summed E-state index contributed by atoms with van der Waals surface area (Å²) >= 11 is 11.8. The highest BCUT2D eigenvalue weighted by molar-refractivity contribution is 6.42. The van der Waals surface area contributed by atoms with Gasteiger partial charge in [0.05, 0.1) is 22.2 Å². The second kappa shape index (κ2) is 7.89. The predicted molar refractivity (Wildman–Crippen MR) is 100 cm³/mol. The van der Waals surface area contributed by atoms with E-state index in [0.29, 0.717) is 27.1 Å². The van der Waals surface area contributed by atoms with Gasteiger partial charge in [-0.2, -0.15) is 0 Å². The molecule has 0 radical (unpaired) electrons. The van der Waals surface area contributed by atoms with Gasteiger partial charge in [0.1, 0.15) is 11.6 Å². The lowest BCUT2D eigenvalue weighted by Crippen LogP contribution is -2.24. The van der Waals surface area contributed by atoms with Gasteiger partial charge in [-0.15, -0.1) is 0 Å². The lowest BCUT2D eigenvalue weighted by atomic mass is 10.1. The molecule has 1 amide bonds. The molecular weight excluding hydrogens is 376 g/mol. The molecule has 3 rings (SSSR count). The van der Waals surface area contributed by atoms with Gasteiger partial charge in [-0.3, -0.25) is 4.79 Å². The van der Waals surface area contributed by atoms with Crippen LogP contribution in [0.2, 0.25) is 10.0 Å². The molecule has 0 aliphatic rings. The Balaban J connectivity index is 1.62. The topological polar surface area (TPSA) is 46.9 Å². The highest BCUT2D eigenvalue weighted by Gasteiger charge is 2.09. The molecule has 0 aliphatic carbocycles. The van der Waals surface area contributed by atoms with Crippen LogP contribution in [0.4, 0.5) is 4.39 Å². The van der Waals surface area contributed by atoms with Gasteiger partial charge in [-0.05, 0) is 42.3 Å². The van der Waals surface area contributed by atoms with Gasteiger partial charge in [-0.1, -0.05) is 35.3 Å². The highest BCUT2D eigenvalue weighted by atomic mass is 35.5. The first-order chi connectivity index (χ1) is 12.4. The average molecular weight is 392 g/mol. The third-order valence-electron chi connectivity index (χ3n) is 3.94. The zero-order valence-electron chi connectivity index (χ0n) is 14.0. The molecule has 134 valence electrons. The van der Waals surface area contributed by atoms with Crippen molar-refractivity contribution in [3.05, 3.63) is 81.6 Å². The maximum absolute atomic E-state index is 14.4. The van der Waals surface area contributed by atoms with E-state index in [9.17, 15) is 9.18 Å². The van der Waals surface area contributed by atoms with Crippen LogP contribution in [0.5, 0.6) is 0 Å². The minimum Gasteiger partial charge on any atom is -0.352 e. The quantitative estimate of drug-likeness (QED) is 0.696. The van der Waals surface area contributed by atoms with Gasteiger partial charge in [0.15, 0.2) is 0 Å². The number of amides is 1. The molecule has 0 saturated heterocycles. The Bertz CT molecular complexity index is 956. The molecule has 4 nitrogen and oxygen atoms in total. The summed E-state index contributed by atoms with van der Waals surface area (Å²) in [6.45, 7) is 2.04. The Morgan fingerprint density at radius 2 is 1.92 bits per heavy atom. The molecule has 26 heavy (non-hydrogen) atoms. The largest absolute Gasteiger partial charge is 0.352 e. The molecule has 1 aromatic heterocycles. The molecule has 0 unspecified atom stereocenters. The van der Waals surface area contributed by atoms with Crippen molar-refractivity contribution < 1.29 is 9.18 Å². The fourth-order valence-corrected chi connectivity index (χ4v) is 2.91. The van der Waals surface area contributed by atoms with E-state index in [-0.39, 0.29) is 24.7 Å². The number of aryl methyl sites for hydroxylation is 1. The summed E-state index contributed by atoms with van der Waals surface area (Å²) in [6.07, 6.45) is 3.49. The van der Waals surface area contributed by atoms with Crippen molar-refractivity contribution in [3.63, 3.8) is 0 Å². The van der Waals surface area contributed by atoms with Crippen molar-refractivity contribution in [3.8, 4) is 5.69 Å². The minimum absolute atomic E-state index is 0.172. The van der Waals surface area contributed by atoms with Gasteiger partial charge in [-0.25, -0.2) is 9.37 Å². The van der Waals surface area contributed by atoms with E-state index in [2.05, 4.69) is 10.3 Å². The Morgan fingerprint density at radius 3 is 2.58 bits per heavy atom. The van der Waals surface area contributed by atoms with Crippen LogP contribution in [0.3, 0.4) is 0 Å². The molecule has 3 aromatic rings. The van der Waals surface area contributed by atoms with Crippen molar-refractivity contribution in [1.82, 2.24) is 14.9 Å². The lowest BCUT2D eigenvalue weighted by Gasteiger charge is -2.10. The van der Waals surface area contributed by atoms with Crippen molar-refractivity contribution in [1.29, 1.82) is 0 Å². The Morgan fingerprint density at radius 1 is 1.15 bits per heavy atom. The SMILES string of the molecule is Cc1nccn1-c1ccc(CNC(=O)Cc2ccc(Cl)c(Cl)c2)cc1F. The lowest BCUT2D eigenvalue weighted by molar-refractivity contribution is -0.120. The normalized spacial score (nSPS) is 10.8. The third-order valence-corrected chi connectivity index (χ3v) is 4.67. The van der Waals surface area contributed by atoms with Crippen LogP contribution < -0.4 is 5.32 Å². The number of halogens is 3. The molecule has 0 atom stereocenters. The molecule has 0 aliphatic heterocycles. The summed E-state index contributed by atoms with van der Waals surface area (Å²) in [5.41, 5.74) is 1.85. The summed E-state index contributed by atoms with van der Waals surface area (Å²) in [4.78, 5) is 16.2. The summed E-state index contributed by atoms with van der Waals surface area (Å²) < 4.78 is 16.0. The first kappa shape index (κ1) is 18.4. The number of nitrogens with zero attached hydrogens (tertiary/aromatic N) is 2. The molecule has 1 N–H and O–H groups in total. The molecule has 1 heterocycles. The van der Waals surface area contributed by atoms with Crippen molar-refractivity contribution in [2.45, 2.75) is 19.9 Å². The number of aromatic nitrogens is 2. The van der Waals surface area contributed by atoms with Crippen LogP contribution in [0, 0.1) is 12.7 Å². The third kappa shape index (κ3) is 4.23. The van der Waals surface area contributed by atoms with E-state index in [1.54, 1.807) is 54.2 Å². The molecular formula is C19H16Cl2FN3O. The van der Waals surface area contributed by atoms with Crippen LogP contribution >= 0.6 is 23.2 Å². The predicted octanol–water partition coefficient (Wildman–Crippen LogP) is 4.49. The number of nitrogens with one attached hydrogen (secondary N) is 1. The maximum atomic E-state index is 14.4. The summed E-state index contributed by atoms with van der Waals surface area (Å²) in [7, 11) is 0. The van der Waals surface area contributed by atoms with Crippen molar-refractivity contribution in [2.24, 2.45) is 0 Å². The summed E-state index contributed by atoms with van der Waals surface area (Å²) in [5.74, 6) is 0.146. The number of imidazole rings is 1. The van der Waals surface area contributed by atoms with E-state index in [0.717, 1.165) is 5.56 Å². The van der Waals surface area contributed by atoms with Crippen molar-refractivity contribution >= 4 is 29.1 Å². The van der Waals surface area contributed by atoms with Crippen LogP contribution in [-0.4, -0.2) is 15.5 Å². The standard InChI is InChI=1S/C19H16Cl2FN3O/c1-12-23-6-7-25(12)18-5-3-14(9-17(18)22)11-24-19(26)10-13-2-4-15(20)16(21)8-13/h2-9H,10-11H2,1H3,(H,24,26).